The summed E-state index contributed by atoms with van der Waals surface area (Å²) in [6.45, 7) is 6.67. The van der Waals surface area contributed by atoms with Crippen LogP contribution < -0.4 is 4.90 Å². The number of piperazine rings is 1. The number of anilines is 1. The Morgan fingerprint density at radius 3 is 2.55 bits per heavy atom. The number of nitrogens with zero attached hydrogens (tertiary/aromatic N) is 6. The lowest BCUT2D eigenvalue weighted by molar-refractivity contribution is 0.00628. The Balaban J connectivity index is 0.000000152. The first-order valence-electron chi connectivity index (χ1n) is 11.2. The van der Waals surface area contributed by atoms with Crippen molar-refractivity contribution < 1.29 is 8.78 Å². The summed E-state index contributed by atoms with van der Waals surface area (Å²) in [5.74, 6) is -0.598. The Morgan fingerprint density at radius 1 is 1.03 bits per heavy atom. The molecule has 2 aromatic rings. The van der Waals surface area contributed by atoms with Gasteiger partial charge in [-0.05, 0) is 50.9 Å². The van der Waals surface area contributed by atoms with Gasteiger partial charge in [-0.25, -0.2) is 18.7 Å². The van der Waals surface area contributed by atoms with Crippen molar-refractivity contribution in [2.75, 3.05) is 51.2 Å². The van der Waals surface area contributed by atoms with E-state index in [0.29, 0.717) is 6.54 Å². The Morgan fingerprint density at radius 2 is 1.84 bits per heavy atom. The van der Waals surface area contributed by atoms with Crippen molar-refractivity contribution in [1.82, 2.24) is 24.8 Å². The van der Waals surface area contributed by atoms with Crippen LogP contribution in [0.15, 0.2) is 30.6 Å². The molecular formula is C23H32F2N6. The summed E-state index contributed by atoms with van der Waals surface area (Å²) in [6.07, 6.45) is 6.66. The predicted octanol–water partition coefficient (Wildman–Crippen LogP) is 3.34. The highest BCUT2D eigenvalue weighted by Crippen LogP contribution is 2.38. The molecule has 5 rings (SSSR count). The maximum atomic E-state index is 13.3. The number of pyridine rings is 1. The lowest BCUT2D eigenvalue weighted by atomic mass is 9.91. The molecule has 0 saturated carbocycles. The molecule has 31 heavy (non-hydrogen) atoms. The number of aryl methyl sites for hydroxylation is 2. The summed E-state index contributed by atoms with van der Waals surface area (Å²) in [5, 5.41) is 0. The van der Waals surface area contributed by atoms with Gasteiger partial charge in [0.25, 0.3) is 5.92 Å². The molecular weight excluding hydrogens is 398 g/mol. The molecule has 0 N–H and O–H groups in total. The number of hydrogen-bond donors (Lipinski definition) is 0. The van der Waals surface area contributed by atoms with Crippen LogP contribution >= 0.6 is 0 Å². The summed E-state index contributed by atoms with van der Waals surface area (Å²) >= 11 is 0. The van der Waals surface area contributed by atoms with Gasteiger partial charge < -0.3 is 9.80 Å². The minimum Gasteiger partial charge on any atom is -0.354 e. The van der Waals surface area contributed by atoms with Crippen molar-refractivity contribution in [2.45, 2.75) is 44.6 Å². The van der Waals surface area contributed by atoms with Crippen molar-refractivity contribution in [3.8, 4) is 0 Å². The molecule has 1 aliphatic carbocycles. The number of hydrogen-bond acceptors (Lipinski definition) is 6. The third kappa shape index (κ3) is 5.54. The van der Waals surface area contributed by atoms with E-state index in [1.54, 1.807) is 6.20 Å². The van der Waals surface area contributed by atoms with E-state index in [2.05, 4.69) is 37.9 Å². The summed E-state index contributed by atoms with van der Waals surface area (Å²) in [5.41, 5.74) is 2.26. The molecule has 2 aromatic heterocycles. The van der Waals surface area contributed by atoms with E-state index in [-0.39, 0.29) is 19.0 Å². The minimum atomic E-state index is -2.51. The first kappa shape index (κ1) is 22.0. The van der Waals surface area contributed by atoms with E-state index in [4.69, 9.17) is 0 Å². The van der Waals surface area contributed by atoms with Gasteiger partial charge in [-0.15, -0.1) is 0 Å². The van der Waals surface area contributed by atoms with E-state index in [1.807, 2.05) is 30.2 Å². The summed E-state index contributed by atoms with van der Waals surface area (Å²) in [4.78, 5) is 19.5. The first-order chi connectivity index (χ1) is 14.9. The fraction of sp³-hybridized carbons (Fsp3) is 0.609. The van der Waals surface area contributed by atoms with Crippen molar-refractivity contribution >= 4 is 5.82 Å². The number of rotatable bonds is 2. The van der Waals surface area contributed by atoms with Crippen LogP contribution in [0, 0.1) is 6.92 Å². The smallest absolute Gasteiger partial charge is 0.261 e. The van der Waals surface area contributed by atoms with Crippen molar-refractivity contribution in [2.24, 2.45) is 0 Å². The molecule has 0 unspecified atom stereocenters. The lowest BCUT2D eigenvalue weighted by Gasteiger charge is -2.33. The number of likely N-dealkylation sites (tertiary alicyclic amines) is 1. The van der Waals surface area contributed by atoms with Gasteiger partial charge in [-0.1, -0.05) is 6.07 Å². The number of likely N-dealkylation sites (N-methyl/N-ethyl adjacent to an activating group) is 1. The zero-order chi connectivity index (χ0) is 21.8. The molecule has 4 heterocycles. The zero-order valence-corrected chi connectivity index (χ0v) is 18.5. The van der Waals surface area contributed by atoms with Gasteiger partial charge >= 0.3 is 0 Å². The number of alkyl halides is 2. The second-order valence-corrected chi connectivity index (χ2v) is 8.78. The van der Waals surface area contributed by atoms with E-state index in [1.165, 1.54) is 5.56 Å². The van der Waals surface area contributed by atoms with Crippen LogP contribution in [0.3, 0.4) is 0 Å². The summed E-state index contributed by atoms with van der Waals surface area (Å²) in [7, 11) is 2.16. The minimum absolute atomic E-state index is 0.00827. The quantitative estimate of drug-likeness (QED) is 0.728. The Bertz CT molecular complexity index is 869. The van der Waals surface area contributed by atoms with E-state index in [0.717, 1.165) is 62.8 Å². The second kappa shape index (κ2) is 9.53. The highest BCUT2D eigenvalue weighted by molar-refractivity contribution is 5.37. The van der Waals surface area contributed by atoms with E-state index >= 15 is 0 Å². The number of halogens is 2. The van der Waals surface area contributed by atoms with Crippen LogP contribution in [0.4, 0.5) is 14.6 Å². The van der Waals surface area contributed by atoms with Gasteiger partial charge in [0.2, 0.25) is 0 Å². The summed E-state index contributed by atoms with van der Waals surface area (Å²) in [6, 6.07) is 6.09. The molecule has 2 fully saturated rings. The molecule has 8 heteroatoms. The molecule has 2 saturated heterocycles. The fourth-order valence-corrected chi connectivity index (χ4v) is 4.62. The SMILES string of the molecule is Cc1nccc(N2CCN(C)CC2)n1.FC1(F)CCN([C@H]2CCCc3cccnc32)C1. The molecule has 0 bridgehead atoms. The highest BCUT2D eigenvalue weighted by atomic mass is 19.3. The molecule has 6 nitrogen and oxygen atoms in total. The highest BCUT2D eigenvalue weighted by Gasteiger charge is 2.42. The third-order valence-corrected chi connectivity index (χ3v) is 6.39. The third-order valence-electron chi connectivity index (χ3n) is 6.39. The fourth-order valence-electron chi connectivity index (χ4n) is 4.62. The Kier molecular flexibility index (Phi) is 6.77. The normalized spacial score (nSPS) is 23.7. The molecule has 0 aromatic carbocycles. The van der Waals surface area contributed by atoms with Crippen LogP contribution in [0.25, 0.3) is 0 Å². The van der Waals surface area contributed by atoms with Gasteiger partial charge in [0.05, 0.1) is 18.3 Å². The number of fused-ring (bicyclic) bond motifs is 1. The maximum absolute atomic E-state index is 13.3. The lowest BCUT2D eigenvalue weighted by Crippen LogP contribution is -2.44. The van der Waals surface area contributed by atoms with Crippen LogP contribution in [0.1, 0.15) is 42.4 Å². The first-order valence-corrected chi connectivity index (χ1v) is 11.2. The van der Waals surface area contributed by atoms with Crippen LogP contribution in [0.5, 0.6) is 0 Å². The van der Waals surface area contributed by atoms with Gasteiger partial charge in [-0.3, -0.25) is 9.88 Å². The van der Waals surface area contributed by atoms with Crippen LogP contribution in [-0.4, -0.2) is 77.0 Å². The second-order valence-electron chi connectivity index (χ2n) is 8.78. The molecule has 0 amide bonds. The standard InChI is InChI=1S/C13H16F2N2.C10H16N4/c14-13(15)6-8-17(9-13)11-5-1-3-10-4-2-7-16-12(10)11;1-9-11-4-3-10(12-9)14-7-5-13(2)6-8-14/h2,4,7,11H,1,3,5-6,8-9H2;3-4H,5-8H2,1-2H3/t11-;/m0./s1. The van der Waals surface area contributed by atoms with E-state index in [9.17, 15) is 8.78 Å². The number of aromatic nitrogens is 3. The van der Waals surface area contributed by atoms with Gasteiger partial charge in [0.1, 0.15) is 11.6 Å². The zero-order valence-electron chi connectivity index (χ0n) is 18.5. The molecule has 0 spiro atoms. The maximum Gasteiger partial charge on any atom is 0.261 e. The van der Waals surface area contributed by atoms with Crippen LogP contribution in [-0.2, 0) is 6.42 Å². The largest absolute Gasteiger partial charge is 0.354 e. The molecule has 0 radical (unpaired) electrons. The van der Waals surface area contributed by atoms with Crippen molar-refractivity contribution in [3.05, 3.63) is 47.7 Å². The monoisotopic (exact) mass is 430 g/mol. The van der Waals surface area contributed by atoms with E-state index < -0.39 is 5.92 Å². The topological polar surface area (TPSA) is 48.4 Å². The Hall–Kier alpha value is -2.19. The molecule has 2 aliphatic heterocycles. The van der Waals surface area contributed by atoms with Gasteiger partial charge in [0.15, 0.2) is 0 Å². The van der Waals surface area contributed by atoms with Gasteiger partial charge in [-0.2, -0.15) is 0 Å². The Labute approximate surface area is 183 Å². The predicted molar refractivity (Wildman–Crippen MR) is 118 cm³/mol. The molecule has 1 atom stereocenters. The average Bonchev–Trinajstić information content (AvgIpc) is 3.14. The van der Waals surface area contributed by atoms with Gasteiger partial charge in [0, 0.05) is 51.5 Å². The van der Waals surface area contributed by atoms with Crippen molar-refractivity contribution in [1.29, 1.82) is 0 Å². The average molecular weight is 431 g/mol. The van der Waals surface area contributed by atoms with Crippen LogP contribution in [0.2, 0.25) is 0 Å². The molecule has 3 aliphatic rings. The van der Waals surface area contributed by atoms with Crippen molar-refractivity contribution in [3.63, 3.8) is 0 Å². The molecule has 168 valence electrons. The summed E-state index contributed by atoms with van der Waals surface area (Å²) < 4.78 is 26.5.